The largest absolute Gasteiger partial charge is 0.472 e. The van der Waals surface area contributed by atoms with Crippen LogP contribution >= 0.6 is 7.82 Å². The lowest BCUT2D eigenvalue weighted by molar-refractivity contribution is -0.161. The van der Waals surface area contributed by atoms with Gasteiger partial charge in [0, 0.05) is 19.4 Å². The highest BCUT2D eigenvalue weighted by atomic mass is 31.2. The lowest BCUT2D eigenvalue weighted by Gasteiger charge is -2.19. The monoisotopic (exact) mass is 1100 g/mol. The van der Waals surface area contributed by atoms with Crippen LogP contribution < -0.4 is 5.73 Å². The van der Waals surface area contributed by atoms with Gasteiger partial charge in [0.1, 0.15) is 6.61 Å². The molecular formula is C67H118NO8P. The van der Waals surface area contributed by atoms with E-state index in [2.05, 4.69) is 111 Å². The van der Waals surface area contributed by atoms with E-state index in [4.69, 9.17) is 24.3 Å². The summed E-state index contributed by atoms with van der Waals surface area (Å²) in [5, 5.41) is 0. The smallest absolute Gasteiger partial charge is 0.462 e. The predicted molar refractivity (Wildman–Crippen MR) is 330 cm³/mol. The molecule has 0 heterocycles. The number of allylic oxidation sites excluding steroid dienone is 16. The molecule has 9 nitrogen and oxygen atoms in total. The molecule has 0 aromatic heterocycles. The second-order valence-corrected chi connectivity index (χ2v) is 22.3. The summed E-state index contributed by atoms with van der Waals surface area (Å²) < 4.78 is 33.0. The maximum absolute atomic E-state index is 12.7. The van der Waals surface area contributed by atoms with Crippen molar-refractivity contribution in [1.82, 2.24) is 0 Å². The van der Waals surface area contributed by atoms with Gasteiger partial charge in [-0.15, -0.1) is 0 Å². The molecule has 2 unspecified atom stereocenters. The fourth-order valence-corrected chi connectivity index (χ4v) is 9.62. The van der Waals surface area contributed by atoms with Crippen LogP contribution in [0.15, 0.2) is 97.2 Å². The summed E-state index contributed by atoms with van der Waals surface area (Å²) in [6.45, 7) is 3.51. The zero-order valence-corrected chi connectivity index (χ0v) is 50.6. The van der Waals surface area contributed by atoms with Crippen LogP contribution in [-0.4, -0.2) is 49.3 Å². The van der Waals surface area contributed by atoms with E-state index in [0.29, 0.717) is 12.8 Å². The van der Waals surface area contributed by atoms with E-state index in [-0.39, 0.29) is 32.6 Å². The number of ether oxygens (including phenoxy) is 2. The second kappa shape index (κ2) is 62.1. The molecule has 0 aliphatic rings. The molecule has 0 amide bonds. The molecule has 0 bridgehead atoms. The Kier molecular flexibility index (Phi) is 59.7. The average Bonchev–Trinajstić information content (AvgIpc) is 3.42. The number of phosphoric ester groups is 1. The fourth-order valence-electron chi connectivity index (χ4n) is 8.86. The number of unbranched alkanes of at least 4 members (excludes halogenated alkanes) is 30. The van der Waals surface area contributed by atoms with Crippen LogP contribution in [0.3, 0.4) is 0 Å². The molecule has 0 rings (SSSR count). The van der Waals surface area contributed by atoms with Crippen LogP contribution in [0.25, 0.3) is 0 Å². The summed E-state index contributed by atoms with van der Waals surface area (Å²) in [6.07, 6.45) is 83.7. The van der Waals surface area contributed by atoms with E-state index in [1.54, 1.807) is 0 Å². The first-order valence-corrected chi connectivity index (χ1v) is 33.2. The SMILES string of the molecule is CC/C=C\C/C=C\C/C=C\C/C=C\C/C=C\CCCCCCCCCCCCCCCCCCCCCCCCCCCC(=O)OC(COC(=O)CCCCCCC/C=C\C/C=C\C/C=C\CC)COP(=O)(O)OCCN. The Labute approximate surface area is 474 Å². The molecule has 444 valence electrons. The van der Waals surface area contributed by atoms with Crippen molar-refractivity contribution in [2.75, 3.05) is 26.4 Å². The molecule has 3 N–H and O–H groups in total. The Morgan fingerprint density at radius 3 is 1.00 bits per heavy atom. The molecule has 0 aliphatic heterocycles. The Hall–Kier alpha value is -3.07. The van der Waals surface area contributed by atoms with Gasteiger partial charge in [0.05, 0.1) is 13.2 Å². The highest BCUT2D eigenvalue weighted by Crippen LogP contribution is 2.43. The Balaban J connectivity index is 3.77. The number of esters is 2. The van der Waals surface area contributed by atoms with Crippen molar-refractivity contribution in [1.29, 1.82) is 0 Å². The van der Waals surface area contributed by atoms with Crippen LogP contribution in [0, 0.1) is 0 Å². The molecule has 0 saturated carbocycles. The van der Waals surface area contributed by atoms with E-state index in [9.17, 15) is 19.0 Å². The fraction of sp³-hybridized carbons (Fsp3) is 0.731. The topological polar surface area (TPSA) is 134 Å². The van der Waals surface area contributed by atoms with Crippen molar-refractivity contribution < 1.29 is 37.6 Å². The number of carbonyl (C=O) groups is 2. The van der Waals surface area contributed by atoms with E-state index in [1.807, 2.05) is 0 Å². The lowest BCUT2D eigenvalue weighted by atomic mass is 10.0. The summed E-state index contributed by atoms with van der Waals surface area (Å²) in [6, 6.07) is 0. The summed E-state index contributed by atoms with van der Waals surface area (Å²) in [5.41, 5.74) is 5.38. The standard InChI is InChI=1S/C67H118NO8P/c1-3-5-7-9-11-13-15-17-19-20-21-22-23-24-25-26-27-28-29-30-31-32-33-34-35-36-37-38-39-40-41-42-43-44-46-48-50-52-54-56-58-60-67(70)76-65(64-75-77(71,72)74-62-61-68)63-73-66(69)59-57-55-53-51-49-47-45-18-16-14-12-10-8-6-4-2/h5-8,11-14,17-19,21-22,24-25,45,65H,3-4,9-10,15-16,20,23,26-44,46-64,68H2,1-2H3,(H,71,72)/b7-5-,8-6-,13-11-,14-12-,19-17-,22-21-,25-24-,45-18-. The molecule has 0 fully saturated rings. The van der Waals surface area contributed by atoms with Crippen LogP contribution in [0.2, 0.25) is 0 Å². The number of hydrogen-bond acceptors (Lipinski definition) is 8. The Morgan fingerprint density at radius 1 is 0.390 bits per heavy atom. The average molecular weight is 1100 g/mol. The third kappa shape index (κ3) is 62.0. The van der Waals surface area contributed by atoms with Crippen molar-refractivity contribution in [2.45, 2.75) is 290 Å². The normalized spacial score (nSPS) is 13.7. The minimum atomic E-state index is -4.39. The van der Waals surface area contributed by atoms with Crippen LogP contribution in [0.5, 0.6) is 0 Å². The third-order valence-corrected chi connectivity index (χ3v) is 14.4. The van der Waals surface area contributed by atoms with Crippen molar-refractivity contribution in [3.63, 3.8) is 0 Å². The highest BCUT2D eigenvalue weighted by molar-refractivity contribution is 7.47. The summed E-state index contributed by atoms with van der Waals surface area (Å²) in [4.78, 5) is 35.1. The number of rotatable bonds is 59. The zero-order chi connectivity index (χ0) is 55.9. The lowest BCUT2D eigenvalue weighted by Crippen LogP contribution is -2.29. The van der Waals surface area contributed by atoms with Gasteiger partial charge >= 0.3 is 19.8 Å². The molecule has 0 spiro atoms. The molecule has 10 heteroatoms. The first kappa shape index (κ1) is 73.9. The van der Waals surface area contributed by atoms with Gasteiger partial charge < -0.3 is 20.1 Å². The van der Waals surface area contributed by atoms with Crippen molar-refractivity contribution in [3.05, 3.63) is 97.2 Å². The maximum Gasteiger partial charge on any atom is 0.472 e. The van der Waals surface area contributed by atoms with Crippen molar-refractivity contribution in [3.8, 4) is 0 Å². The van der Waals surface area contributed by atoms with Gasteiger partial charge in [0.2, 0.25) is 0 Å². The molecule has 77 heavy (non-hydrogen) atoms. The van der Waals surface area contributed by atoms with E-state index in [1.165, 1.54) is 141 Å². The van der Waals surface area contributed by atoms with Gasteiger partial charge in [-0.3, -0.25) is 18.6 Å². The number of carbonyl (C=O) groups excluding carboxylic acids is 2. The predicted octanol–water partition coefficient (Wildman–Crippen LogP) is 20.4. The van der Waals surface area contributed by atoms with Crippen molar-refractivity contribution in [2.24, 2.45) is 5.73 Å². The first-order chi connectivity index (χ1) is 37.8. The van der Waals surface area contributed by atoms with Gasteiger partial charge in [-0.1, -0.05) is 278 Å². The molecule has 0 saturated heterocycles. The van der Waals surface area contributed by atoms with E-state index >= 15 is 0 Å². The van der Waals surface area contributed by atoms with Gasteiger partial charge in [0.25, 0.3) is 0 Å². The van der Waals surface area contributed by atoms with Gasteiger partial charge in [-0.25, -0.2) is 4.57 Å². The number of nitrogens with two attached hydrogens (primary N) is 1. The van der Waals surface area contributed by atoms with Crippen LogP contribution in [0.1, 0.15) is 284 Å². The first-order valence-electron chi connectivity index (χ1n) is 31.7. The molecule has 0 radical (unpaired) electrons. The van der Waals surface area contributed by atoms with E-state index in [0.717, 1.165) is 103 Å². The molecule has 2 atom stereocenters. The third-order valence-electron chi connectivity index (χ3n) is 13.5. The summed E-state index contributed by atoms with van der Waals surface area (Å²) >= 11 is 0. The second-order valence-electron chi connectivity index (χ2n) is 20.9. The number of hydrogen-bond donors (Lipinski definition) is 2. The molecule has 0 aromatic rings. The molecule has 0 aliphatic carbocycles. The Morgan fingerprint density at radius 2 is 0.675 bits per heavy atom. The number of phosphoric acid groups is 1. The maximum atomic E-state index is 12.7. The Bertz CT molecular complexity index is 1580. The van der Waals surface area contributed by atoms with Gasteiger partial charge in [-0.2, -0.15) is 0 Å². The zero-order valence-electron chi connectivity index (χ0n) is 49.7. The highest BCUT2D eigenvalue weighted by Gasteiger charge is 2.26. The quantitative estimate of drug-likeness (QED) is 0.0264. The van der Waals surface area contributed by atoms with Crippen molar-refractivity contribution >= 4 is 19.8 Å². The minimum Gasteiger partial charge on any atom is -0.462 e. The van der Waals surface area contributed by atoms with Gasteiger partial charge in [0.15, 0.2) is 6.10 Å². The minimum absolute atomic E-state index is 0.0491. The summed E-state index contributed by atoms with van der Waals surface area (Å²) in [7, 11) is -4.39. The van der Waals surface area contributed by atoms with Crippen LogP contribution in [-0.2, 0) is 32.7 Å². The summed E-state index contributed by atoms with van der Waals surface area (Å²) in [5.74, 6) is -0.841. The molecular weight excluding hydrogens is 978 g/mol. The van der Waals surface area contributed by atoms with Gasteiger partial charge in [-0.05, 0) is 89.9 Å². The van der Waals surface area contributed by atoms with E-state index < -0.39 is 32.5 Å². The molecule has 0 aromatic carbocycles. The van der Waals surface area contributed by atoms with Crippen LogP contribution in [0.4, 0.5) is 0 Å².